The number of allylic oxidation sites excluding steroid dienone is 1. The van der Waals surface area contributed by atoms with E-state index in [-0.39, 0.29) is 30.0 Å². The van der Waals surface area contributed by atoms with Crippen molar-refractivity contribution < 1.29 is 19.0 Å². The first kappa shape index (κ1) is 23.8. The Bertz CT molecular complexity index is 440. The molecule has 0 bridgehead atoms. The molecule has 26 heavy (non-hydrogen) atoms. The van der Waals surface area contributed by atoms with E-state index in [4.69, 9.17) is 13.9 Å². The van der Waals surface area contributed by atoms with Crippen LogP contribution >= 0.6 is 0 Å². The van der Waals surface area contributed by atoms with Crippen molar-refractivity contribution >= 4 is 8.32 Å². The van der Waals surface area contributed by atoms with Crippen LogP contribution in [0.3, 0.4) is 0 Å². The van der Waals surface area contributed by atoms with E-state index in [1.165, 1.54) is 19.3 Å². The van der Waals surface area contributed by atoms with Crippen LogP contribution < -0.4 is 0 Å². The topological polar surface area (TPSA) is 47.9 Å². The molecule has 0 spiro atoms. The van der Waals surface area contributed by atoms with Crippen LogP contribution in [0.25, 0.3) is 0 Å². The Morgan fingerprint density at radius 3 is 2.35 bits per heavy atom. The molecule has 0 aromatic carbocycles. The molecule has 0 radical (unpaired) electrons. The van der Waals surface area contributed by atoms with Crippen molar-refractivity contribution in [3.63, 3.8) is 0 Å². The minimum Gasteiger partial charge on any atom is -0.411 e. The van der Waals surface area contributed by atoms with Crippen LogP contribution in [0, 0.1) is 0 Å². The summed E-state index contributed by atoms with van der Waals surface area (Å²) in [6.07, 6.45) is 9.44. The van der Waals surface area contributed by atoms with Gasteiger partial charge in [0.1, 0.15) is 12.2 Å². The van der Waals surface area contributed by atoms with Gasteiger partial charge in [-0.1, -0.05) is 52.7 Å². The molecular formula is C21H42O4Si. The van der Waals surface area contributed by atoms with E-state index in [1.54, 1.807) is 0 Å². The third-order valence-electron chi connectivity index (χ3n) is 5.53. The monoisotopic (exact) mass is 386 g/mol. The maximum absolute atomic E-state index is 9.78. The largest absolute Gasteiger partial charge is 0.411 e. The lowest BCUT2D eigenvalue weighted by atomic mass is 10.1. The van der Waals surface area contributed by atoms with Crippen LogP contribution in [0.5, 0.6) is 0 Å². The van der Waals surface area contributed by atoms with Crippen LogP contribution in [-0.2, 0) is 13.9 Å². The molecule has 1 aliphatic rings. The standard InChI is InChI=1S/C21H42O4Si/c1-9-10-11-12-13-14-15-17(25-26(7,8)20(2,3)4)19-18(16-22)23-21(5,6)24-19/h13-14,17-19,22H,9-12,15-16H2,1-8H3/b14-13-/t17-,18-,19-/m1/s1. The van der Waals surface area contributed by atoms with E-state index in [2.05, 4.69) is 52.9 Å². The van der Waals surface area contributed by atoms with Gasteiger partial charge in [-0.05, 0) is 51.2 Å². The first-order valence-corrected chi connectivity index (χ1v) is 13.1. The molecule has 0 saturated carbocycles. The van der Waals surface area contributed by atoms with Crippen molar-refractivity contribution in [3.8, 4) is 0 Å². The van der Waals surface area contributed by atoms with Gasteiger partial charge in [-0.3, -0.25) is 0 Å². The van der Waals surface area contributed by atoms with Gasteiger partial charge in [0.25, 0.3) is 0 Å². The zero-order chi connectivity index (χ0) is 20.0. The molecule has 0 aliphatic carbocycles. The van der Waals surface area contributed by atoms with E-state index in [9.17, 15) is 5.11 Å². The lowest BCUT2D eigenvalue weighted by Gasteiger charge is -2.41. The number of hydrogen-bond donors (Lipinski definition) is 1. The molecule has 5 heteroatoms. The molecule has 4 nitrogen and oxygen atoms in total. The highest BCUT2D eigenvalue weighted by atomic mass is 28.4. The zero-order valence-electron chi connectivity index (χ0n) is 18.3. The molecular weight excluding hydrogens is 344 g/mol. The van der Waals surface area contributed by atoms with E-state index in [0.29, 0.717) is 0 Å². The van der Waals surface area contributed by atoms with Crippen LogP contribution in [0.2, 0.25) is 18.1 Å². The van der Waals surface area contributed by atoms with Crippen LogP contribution in [0.4, 0.5) is 0 Å². The molecule has 1 N–H and O–H groups in total. The Morgan fingerprint density at radius 1 is 1.15 bits per heavy atom. The zero-order valence-corrected chi connectivity index (χ0v) is 19.3. The Morgan fingerprint density at radius 2 is 1.81 bits per heavy atom. The number of aliphatic hydroxyl groups excluding tert-OH is 1. The number of rotatable bonds is 10. The predicted molar refractivity (Wildman–Crippen MR) is 111 cm³/mol. The molecule has 0 aromatic heterocycles. The summed E-state index contributed by atoms with van der Waals surface area (Å²) in [5, 5.41) is 9.90. The summed E-state index contributed by atoms with van der Waals surface area (Å²) in [4.78, 5) is 0. The highest BCUT2D eigenvalue weighted by molar-refractivity contribution is 6.74. The Labute approximate surface area is 162 Å². The van der Waals surface area contributed by atoms with Gasteiger partial charge in [0.2, 0.25) is 0 Å². The fourth-order valence-electron chi connectivity index (χ4n) is 2.98. The first-order valence-electron chi connectivity index (χ1n) is 10.2. The third-order valence-corrected chi connectivity index (χ3v) is 10.0. The van der Waals surface area contributed by atoms with E-state index >= 15 is 0 Å². The molecule has 3 atom stereocenters. The van der Waals surface area contributed by atoms with Crippen molar-refractivity contribution in [1.29, 1.82) is 0 Å². The predicted octanol–water partition coefficient (Wildman–Crippen LogP) is 5.42. The van der Waals surface area contributed by atoms with E-state index in [1.807, 2.05) is 13.8 Å². The van der Waals surface area contributed by atoms with Crippen LogP contribution in [0.15, 0.2) is 12.2 Å². The molecule has 1 heterocycles. The Hall–Kier alpha value is -0.203. The molecule has 0 aromatic rings. The quantitative estimate of drug-likeness (QED) is 0.309. The number of aliphatic hydroxyl groups is 1. The second-order valence-electron chi connectivity index (χ2n) is 9.44. The summed E-state index contributed by atoms with van der Waals surface area (Å²) < 4.78 is 18.8. The average Bonchev–Trinajstić information content (AvgIpc) is 2.83. The maximum atomic E-state index is 9.78. The number of hydrogen-bond acceptors (Lipinski definition) is 4. The molecule has 1 rings (SSSR count). The highest BCUT2D eigenvalue weighted by Crippen LogP contribution is 2.40. The van der Waals surface area contributed by atoms with Gasteiger partial charge >= 0.3 is 0 Å². The lowest BCUT2D eigenvalue weighted by Crippen LogP contribution is -2.49. The van der Waals surface area contributed by atoms with Gasteiger partial charge in [0.15, 0.2) is 14.1 Å². The van der Waals surface area contributed by atoms with Gasteiger partial charge in [0.05, 0.1) is 12.7 Å². The number of ether oxygens (including phenoxy) is 2. The normalized spacial score (nSPS) is 25.1. The minimum atomic E-state index is -1.96. The van der Waals surface area contributed by atoms with Crippen molar-refractivity contribution in [1.82, 2.24) is 0 Å². The molecule has 154 valence electrons. The summed E-state index contributed by atoms with van der Waals surface area (Å²) in [7, 11) is -1.96. The minimum absolute atomic E-state index is 0.0499. The molecule has 0 unspecified atom stereocenters. The van der Waals surface area contributed by atoms with Gasteiger partial charge in [0, 0.05) is 0 Å². The van der Waals surface area contributed by atoms with Crippen molar-refractivity contribution in [2.24, 2.45) is 0 Å². The first-order chi connectivity index (χ1) is 11.9. The molecule has 1 saturated heterocycles. The summed E-state index contributed by atoms with van der Waals surface area (Å²) >= 11 is 0. The van der Waals surface area contributed by atoms with Gasteiger partial charge in [-0.15, -0.1) is 0 Å². The maximum Gasteiger partial charge on any atom is 0.192 e. The third kappa shape index (κ3) is 7.08. The second-order valence-corrected chi connectivity index (χ2v) is 14.2. The van der Waals surface area contributed by atoms with Gasteiger partial charge in [-0.2, -0.15) is 0 Å². The fraction of sp³-hybridized carbons (Fsp3) is 0.905. The second kappa shape index (κ2) is 9.83. The van der Waals surface area contributed by atoms with Crippen LogP contribution in [-0.4, -0.2) is 44.1 Å². The average molecular weight is 387 g/mol. The smallest absolute Gasteiger partial charge is 0.192 e. The van der Waals surface area contributed by atoms with Crippen molar-refractivity contribution in [2.75, 3.05) is 6.61 Å². The summed E-state index contributed by atoms with van der Waals surface area (Å²) in [5.41, 5.74) is 0. The summed E-state index contributed by atoms with van der Waals surface area (Å²) in [6, 6.07) is 0. The van der Waals surface area contributed by atoms with Crippen molar-refractivity contribution in [2.45, 2.75) is 116 Å². The number of unbranched alkanes of at least 4 members (excludes halogenated alkanes) is 3. The Balaban J connectivity index is 2.88. The summed E-state index contributed by atoms with van der Waals surface area (Å²) in [5.74, 6) is -0.683. The lowest BCUT2D eigenvalue weighted by molar-refractivity contribution is -0.155. The summed E-state index contributed by atoms with van der Waals surface area (Å²) in [6.45, 7) is 17.2. The van der Waals surface area contributed by atoms with Gasteiger partial charge < -0.3 is 19.0 Å². The fourth-order valence-corrected chi connectivity index (χ4v) is 4.33. The van der Waals surface area contributed by atoms with E-state index < -0.39 is 14.1 Å². The van der Waals surface area contributed by atoms with E-state index in [0.717, 1.165) is 12.8 Å². The Kier molecular flexibility index (Phi) is 9.01. The molecule has 1 aliphatic heterocycles. The SMILES string of the molecule is CCCCC/C=C\C[C@@H](O[Si](C)(C)C(C)(C)C)[C@H]1OC(C)(C)O[C@@H]1CO. The van der Waals surface area contributed by atoms with Gasteiger partial charge in [-0.25, -0.2) is 0 Å². The van der Waals surface area contributed by atoms with Crippen molar-refractivity contribution in [3.05, 3.63) is 12.2 Å². The highest BCUT2D eigenvalue weighted by Gasteiger charge is 2.48. The molecule has 0 amide bonds. The molecule has 1 fully saturated rings. The van der Waals surface area contributed by atoms with Crippen LogP contribution in [0.1, 0.15) is 73.6 Å².